The van der Waals surface area contributed by atoms with E-state index < -0.39 is 0 Å². The summed E-state index contributed by atoms with van der Waals surface area (Å²) in [5.74, 6) is -0.0459. The van der Waals surface area contributed by atoms with Gasteiger partial charge in [-0.15, -0.1) is 0 Å². The molecular formula is C17H18FN3O2S. The van der Waals surface area contributed by atoms with Crippen LogP contribution in [0.25, 0.3) is 0 Å². The van der Waals surface area contributed by atoms with Gasteiger partial charge in [0.25, 0.3) is 5.91 Å². The van der Waals surface area contributed by atoms with Gasteiger partial charge in [-0.2, -0.15) is 11.3 Å². The van der Waals surface area contributed by atoms with Gasteiger partial charge in [0.2, 0.25) is 0 Å². The molecule has 2 aromatic rings. The van der Waals surface area contributed by atoms with Gasteiger partial charge in [0.1, 0.15) is 0 Å². The molecule has 7 heteroatoms. The number of halogens is 1. The Kier molecular flexibility index (Phi) is 3.97. The number of likely N-dealkylation sites (tertiary alicyclic amines) is 1. The van der Waals surface area contributed by atoms with E-state index in [4.69, 9.17) is 4.74 Å². The van der Waals surface area contributed by atoms with Crippen molar-refractivity contribution in [1.29, 1.82) is 0 Å². The summed E-state index contributed by atoms with van der Waals surface area (Å²) in [7, 11) is 0. The molecule has 1 N–H and O–H groups in total. The van der Waals surface area contributed by atoms with E-state index in [9.17, 15) is 9.18 Å². The number of ether oxygens (including phenoxy) is 1. The molecule has 2 aliphatic rings. The molecule has 1 amide bonds. The van der Waals surface area contributed by atoms with E-state index in [0.717, 1.165) is 18.4 Å². The van der Waals surface area contributed by atoms with Crippen molar-refractivity contribution in [2.45, 2.75) is 24.5 Å². The molecule has 24 heavy (non-hydrogen) atoms. The molecule has 2 saturated heterocycles. The molecule has 4 rings (SSSR count). The summed E-state index contributed by atoms with van der Waals surface area (Å²) in [6.45, 7) is 1.78. The molecule has 2 atom stereocenters. The maximum atomic E-state index is 13.7. The maximum absolute atomic E-state index is 13.7. The van der Waals surface area contributed by atoms with Gasteiger partial charge in [0.15, 0.2) is 11.6 Å². The molecule has 4 heterocycles. The lowest BCUT2D eigenvalue weighted by atomic mass is 9.97. The number of aromatic nitrogens is 1. The summed E-state index contributed by atoms with van der Waals surface area (Å²) >= 11 is 1.52. The second-order valence-corrected chi connectivity index (χ2v) is 7.14. The molecular weight excluding hydrogens is 329 g/mol. The lowest BCUT2D eigenvalue weighted by molar-refractivity contribution is 0.0125. The zero-order chi connectivity index (χ0) is 16.6. The minimum Gasteiger partial charge on any atom is -0.371 e. The fourth-order valence-corrected chi connectivity index (χ4v) is 4.12. The Bertz CT molecular complexity index is 739. The predicted molar refractivity (Wildman–Crippen MR) is 89.7 cm³/mol. The number of anilines is 1. The Hall–Kier alpha value is -1.99. The zero-order valence-corrected chi connectivity index (χ0v) is 13.9. The number of carbonyl (C=O) groups excluding carboxylic acids is 1. The zero-order valence-electron chi connectivity index (χ0n) is 13.1. The van der Waals surface area contributed by atoms with Crippen LogP contribution in [0.5, 0.6) is 0 Å². The SMILES string of the molecule is O=C(c1ccsc1)N1CC[C@@]2(C[C@@H](Nc3ncccc3F)CO2)C1. The summed E-state index contributed by atoms with van der Waals surface area (Å²) in [5, 5.41) is 6.90. The topological polar surface area (TPSA) is 54.5 Å². The smallest absolute Gasteiger partial charge is 0.254 e. The number of pyridine rings is 1. The number of hydrogen-bond acceptors (Lipinski definition) is 5. The van der Waals surface area contributed by atoms with E-state index >= 15 is 0 Å². The second kappa shape index (κ2) is 6.14. The molecule has 0 aromatic carbocycles. The number of nitrogens with one attached hydrogen (secondary N) is 1. The normalized spacial score (nSPS) is 26.2. The summed E-state index contributed by atoms with van der Waals surface area (Å²) in [5.41, 5.74) is 0.412. The number of carbonyl (C=O) groups is 1. The van der Waals surface area contributed by atoms with Crippen LogP contribution in [0.15, 0.2) is 35.2 Å². The van der Waals surface area contributed by atoms with Gasteiger partial charge >= 0.3 is 0 Å². The Morgan fingerprint density at radius 2 is 2.42 bits per heavy atom. The van der Waals surface area contributed by atoms with Crippen LogP contribution in [0.2, 0.25) is 0 Å². The molecule has 1 spiro atoms. The van der Waals surface area contributed by atoms with Gasteiger partial charge in [0, 0.05) is 24.5 Å². The molecule has 0 radical (unpaired) electrons. The average Bonchev–Trinajstić information content (AvgIpc) is 3.32. The van der Waals surface area contributed by atoms with Crippen LogP contribution in [0.1, 0.15) is 23.2 Å². The van der Waals surface area contributed by atoms with Gasteiger partial charge in [-0.25, -0.2) is 9.37 Å². The van der Waals surface area contributed by atoms with Crippen LogP contribution in [0, 0.1) is 5.82 Å². The van der Waals surface area contributed by atoms with Crippen LogP contribution in [-0.2, 0) is 4.74 Å². The predicted octanol–water partition coefficient (Wildman–Crippen LogP) is 2.77. The number of thiophene rings is 1. The number of nitrogens with zero attached hydrogens (tertiary/aromatic N) is 2. The quantitative estimate of drug-likeness (QED) is 0.928. The third kappa shape index (κ3) is 2.89. The molecule has 2 aromatic heterocycles. The second-order valence-electron chi connectivity index (χ2n) is 6.36. The van der Waals surface area contributed by atoms with Crippen LogP contribution in [0.3, 0.4) is 0 Å². The van der Waals surface area contributed by atoms with Crippen LogP contribution in [0.4, 0.5) is 10.2 Å². The summed E-state index contributed by atoms with van der Waals surface area (Å²) < 4.78 is 19.7. The maximum Gasteiger partial charge on any atom is 0.254 e. The fourth-order valence-electron chi connectivity index (χ4n) is 3.49. The molecule has 0 aliphatic carbocycles. The van der Waals surface area contributed by atoms with Gasteiger partial charge in [-0.05, 0) is 30.0 Å². The van der Waals surface area contributed by atoms with Crippen molar-refractivity contribution in [2.24, 2.45) is 0 Å². The van der Waals surface area contributed by atoms with Crippen molar-refractivity contribution in [3.05, 3.63) is 46.5 Å². The molecule has 2 aliphatic heterocycles. The Balaban J connectivity index is 1.40. The third-order valence-electron chi connectivity index (χ3n) is 4.68. The minimum atomic E-state index is -0.362. The Morgan fingerprint density at radius 3 is 3.21 bits per heavy atom. The van der Waals surface area contributed by atoms with Crippen molar-refractivity contribution < 1.29 is 13.9 Å². The third-order valence-corrected chi connectivity index (χ3v) is 5.36. The van der Waals surface area contributed by atoms with E-state index in [1.54, 1.807) is 12.3 Å². The van der Waals surface area contributed by atoms with Crippen molar-refractivity contribution in [2.75, 3.05) is 25.0 Å². The highest BCUT2D eigenvalue weighted by Gasteiger charge is 2.47. The molecule has 0 bridgehead atoms. The van der Waals surface area contributed by atoms with Gasteiger partial charge in [-0.3, -0.25) is 4.79 Å². The summed E-state index contributed by atoms with van der Waals surface area (Å²) in [6, 6.07) is 4.81. The standard InChI is InChI=1S/C17H18FN3O2S/c18-14-2-1-5-19-15(14)20-13-8-17(23-9-13)4-6-21(11-17)16(22)12-3-7-24-10-12/h1-3,5,7,10,13H,4,6,8-9,11H2,(H,19,20)/t13-,17-/m1/s1. The first kappa shape index (κ1) is 15.5. The lowest BCUT2D eigenvalue weighted by Crippen LogP contribution is -2.36. The van der Waals surface area contributed by atoms with Crippen LogP contribution in [-0.4, -0.2) is 47.1 Å². The van der Waals surface area contributed by atoms with E-state index in [-0.39, 0.29) is 29.2 Å². The number of hydrogen-bond donors (Lipinski definition) is 1. The highest BCUT2D eigenvalue weighted by molar-refractivity contribution is 7.08. The molecule has 0 unspecified atom stereocenters. The van der Waals surface area contributed by atoms with E-state index in [2.05, 4.69) is 10.3 Å². The average molecular weight is 347 g/mol. The first-order chi connectivity index (χ1) is 11.7. The van der Waals surface area contributed by atoms with E-state index in [0.29, 0.717) is 19.7 Å². The van der Waals surface area contributed by atoms with Crippen molar-refractivity contribution in [3.63, 3.8) is 0 Å². The van der Waals surface area contributed by atoms with Crippen LogP contribution < -0.4 is 5.32 Å². The highest BCUT2D eigenvalue weighted by atomic mass is 32.1. The van der Waals surface area contributed by atoms with Crippen molar-refractivity contribution in [3.8, 4) is 0 Å². The van der Waals surface area contributed by atoms with Crippen molar-refractivity contribution in [1.82, 2.24) is 9.88 Å². The Labute approximate surface area is 143 Å². The molecule has 2 fully saturated rings. The summed E-state index contributed by atoms with van der Waals surface area (Å²) in [4.78, 5) is 18.3. The van der Waals surface area contributed by atoms with Gasteiger partial charge in [0.05, 0.1) is 30.4 Å². The summed E-state index contributed by atoms with van der Waals surface area (Å²) in [6.07, 6.45) is 3.12. The van der Waals surface area contributed by atoms with Crippen LogP contribution >= 0.6 is 11.3 Å². The highest BCUT2D eigenvalue weighted by Crippen LogP contribution is 2.36. The lowest BCUT2D eigenvalue weighted by Gasteiger charge is -2.23. The Morgan fingerprint density at radius 1 is 1.50 bits per heavy atom. The number of amides is 1. The van der Waals surface area contributed by atoms with Gasteiger partial charge in [-0.1, -0.05) is 0 Å². The monoisotopic (exact) mass is 347 g/mol. The first-order valence-corrected chi connectivity index (χ1v) is 8.92. The molecule has 5 nitrogen and oxygen atoms in total. The minimum absolute atomic E-state index is 0.00518. The van der Waals surface area contributed by atoms with E-state index in [1.165, 1.54) is 17.4 Å². The van der Waals surface area contributed by atoms with Crippen molar-refractivity contribution >= 4 is 23.1 Å². The molecule has 0 saturated carbocycles. The molecule has 126 valence electrons. The first-order valence-electron chi connectivity index (χ1n) is 7.98. The van der Waals surface area contributed by atoms with E-state index in [1.807, 2.05) is 21.7 Å². The van der Waals surface area contributed by atoms with Gasteiger partial charge < -0.3 is 15.0 Å². The fraction of sp³-hybridized carbons (Fsp3) is 0.412. The largest absolute Gasteiger partial charge is 0.371 e. The number of rotatable bonds is 3.